The number of para-hydroxylation sites is 1. The van der Waals surface area contributed by atoms with Gasteiger partial charge in [0.2, 0.25) is 0 Å². The van der Waals surface area contributed by atoms with Crippen molar-refractivity contribution in [3.63, 3.8) is 0 Å². The van der Waals surface area contributed by atoms with E-state index in [9.17, 15) is 8.78 Å². The highest BCUT2D eigenvalue weighted by molar-refractivity contribution is 5.24. The van der Waals surface area contributed by atoms with Gasteiger partial charge in [-0.3, -0.25) is 11.3 Å². The first kappa shape index (κ1) is 14.4. The van der Waals surface area contributed by atoms with Gasteiger partial charge < -0.3 is 4.74 Å². The quantitative estimate of drug-likeness (QED) is 0.631. The minimum Gasteiger partial charge on any atom is -0.494 e. The molecular weight excluding hydrogens is 262 g/mol. The molecular formula is C15H16F2N2O. The first-order valence-corrected chi connectivity index (χ1v) is 6.30. The lowest BCUT2D eigenvalue weighted by Gasteiger charge is -2.18. The van der Waals surface area contributed by atoms with Gasteiger partial charge in [0.1, 0.15) is 17.4 Å². The molecule has 0 aromatic heterocycles. The Morgan fingerprint density at radius 2 is 1.65 bits per heavy atom. The second kappa shape index (κ2) is 6.98. The molecule has 0 aliphatic rings. The summed E-state index contributed by atoms with van der Waals surface area (Å²) in [5.41, 5.74) is 2.36. The third-order valence-corrected chi connectivity index (χ3v) is 2.97. The highest BCUT2D eigenvalue weighted by atomic mass is 19.1. The van der Waals surface area contributed by atoms with Gasteiger partial charge in [-0.2, -0.15) is 0 Å². The molecule has 2 aromatic rings. The molecule has 0 amide bonds. The maximum atomic E-state index is 13.7. The largest absolute Gasteiger partial charge is 0.494 e. The Hall–Kier alpha value is -1.98. The fourth-order valence-corrected chi connectivity index (χ4v) is 1.97. The lowest BCUT2D eigenvalue weighted by atomic mass is 10.0. The Morgan fingerprint density at radius 3 is 2.25 bits per heavy atom. The van der Waals surface area contributed by atoms with Crippen molar-refractivity contribution in [2.45, 2.75) is 12.5 Å². The van der Waals surface area contributed by atoms with Gasteiger partial charge >= 0.3 is 0 Å². The second-order valence-electron chi connectivity index (χ2n) is 4.30. The van der Waals surface area contributed by atoms with E-state index in [4.69, 9.17) is 10.6 Å². The summed E-state index contributed by atoms with van der Waals surface area (Å²) in [5.74, 6) is 4.85. The predicted octanol–water partition coefficient (Wildman–Crippen LogP) is 2.94. The minimum atomic E-state index is -0.639. The zero-order chi connectivity index (χ0) is 14.4. The molecule has 0 radical (unpaired) electrons. The maximum absolute atomic E-state index is 13.7. The van der Waals surface area contributed by atoms with E-state index in [1.165, 1.54) is 18.2 Å². The van der Waals surface area contributed by atoms with Crippen LogP contribution in [-0.2, 0) is 0 Å². The first-order chi connectivity index (χ1) is 9.72. The van der Waals surface area contributed by atoms with Crippen LogP contribution in [0.3, 0.4) is 0 Å². The van der Waals surface area contributed by atoms with Crippen molar-refractivity contribution in [1.29, 1.82) is 0 Å². The zero-order valence-corrected chi connectivity index (χ0v) is 10.9. The zero-order valence-electron chi connectivity index (χ0n) is 10.9. The van der Waals surface area contributed by atoms with Crippen molar-refractivity contribution < 1.29 is 13.5 Å². The minimum absolute atomic E-state index is 0.0633. The van der Waals surface area contributed by atoms with Crippen LogP contribution in [0.15, 0.2) is 48.5 Å². The predicted molar refractivity (Wildman–Crippen MR) is 73.0 cm³/mol. The van der Waals surface area contributed by atoms with Gasteiger partial charge in [0.15, 0.2) is 0 Å². The number of hydrogen-bond donors (Lipinski definition) is 2. The van der Waals surface area contributed by atoms with Gasteiger partial charge in [-0.15, -0.1) is 0 Å². The third kappa shape index (κ3) is 3.53. The number of nitrogens with one attached hydrogen (secondary N) is 1. The molecule has 3 N–H and O–H groups in total. The van der Waals surface area contributed by atoms with Gasteiger partial charge in [0.25, 0.3) is 0 Å². The summed E-state index contributed by atoms with van der Waals surface area (Å²) < 4.78 is 32.8. The molecule has 0 saturated heterocycles. The summed E-state index contributed by atoms with van der Waals surface area (Å²) in [4.78, 5) is 0. The highest BCUT2D eigenvalue weighted by Gasteiger charge is 2.18. The molecule has 0 saturated carbocycles. The summed E-state index contributed by atoms with van der Waals surface area (Å²) >= 11 is 0. The van der Waals surface area contributed by atoms with Gasteiger partial charge in [-0.25, -0.2) is 8.78 Å². The first-order valence-electron chi connectivity index (χ1n) is 6.30. The van der Waals surface area contributed by atoms with Gasteiger partial charge in [-0.1, -0.05) is 24.3 Å². The third-order valence-electron chi connectivity index (χ3n) is 2.97. The van der Waals surface area contributed by atoms with E-state index >= 15 is 0 Å². The fraction of sp³-hybridized carbons (Fsp3) is 0.200. The number of halogens is 2. The standard InChI is InChI=1S/C15H16F2N2O/c16-12-7-4-8-13(17)15(12)14(19-18)9-10-20-11-5-2-1-3-6-11/h1-8,14,19H,9-10,18H2. The van der Waals surface area contributed by atoms with Gasteiger partial charge in [0.05, 0.1) is 12.6 Å². The van der Waals surface area contributed by atoms with E-state index in [-0.39, 0.29) is 5.56 Å². The molecule has 2 aromatic carbocycles. The lowest BCUT2D eigenvalue weighted by Crippen LogP contribution is -2.30. The van der Waals surface area contributed by atoms with E-state index in [0.29, 0.717) is 18.8 Å². The van der Waals surface area contributed by atoms with Crippen LogP contribution in [0.5, 0.6) is 5.75 Å². The van der Waals surface area contributed by atoms with Crippen LogP contribution in [-0.4, -0.2) is 6.61 Å². The average molecular weight is 278 g/mol. The van der Waals surface area contributed by atoms with Crippen molar-refractivity contribution in [1.82, 2.24) is 5.43 Å². The van der Waals surface area contributed by atoms with E-state index in [2.05, 4.69) is 5.43 Å². The van der Waals surface area contributed by atoms with Crippen LogP contribution in [0.2, 0.25) is 0 Å². The van der Waals surface area contributed by atoms with E-state index in [0.717, 1.165) is 0 Å². The Morgan fingerprint density at radius 1 is 1.00 bits per heavy atom. The Kier molecular flexibility index (Phi) is 5.03. The SMILES string of the molecule is NNC(CCOc1ccccc1)c1c(F)cccc1F. The smallest absolute Gasteiger partial charge is 0.130 e. The topological polar surface area (TPSA) is 47.3 Å². The van der Waals surface area contributed by atoms with Crippen molar-refractivity contribution in [3.8, 4) is 5.75 Å². The molecule has 0 aliphatic carbocycles. The molecule has 1 unspecified atom stereocenters. The van der Waals surface area contributed by atoms with Crippen molar-refractivity contribution in [2.24, 2.45) is 5.84 Å². The van der Waals surface area contributed by atoms with Crippen LogP contribution in [0, 0.1) is 11.6 Å². The molecule has 1 atom stereocenters. The Bertz CT molecular complexity index is 529. The summed E-state index contributed by atoms with van der Waals surface area (Å²) in [6, 6.07) is 12.3. The van der Waals surface area contributed by atoms with Crippen LogP contribution in [0.4, 0.5) is 8.78 Å². The molecule has 0 heterocycles. The normalized spacial score (nSPS) is 12.2. The number of nitrogens with two attached hydrogens (primary N) is 1. The van der Waals surface area contributed by atoms with E-state index < -0.39 is 17.7 Å². The summed E-state index contributed by atoms with van der Waals surface area (Å²) in [6.07, 6.45) is 0.350. The molecule has 3 nitrogen and oxygen atoms in total. The summed E-state index contributed by atoms with van der Waals surface area (Å²) in [7, 11) is 0. The van der Waals surface area contributed by atoms with Gasteiger partial charge in [0, 0.05) is 12.0 Å². The second-order valence-corrected chi connectivity index (χ2v) is 4.30. The Labute approximate surface area is 116 Å². The molecule has 20 heavy (non-hydrogen) atoms. The van der Waals surface area contributed by atoms with Crippen molar-refractivity contribution in [3.05, 3.63) is 65.7 Å². The van der Waals surface area contributed by atoms with Crippen LogP contribution in [0.25, 0.3) is 0 Å². The van der Waals surface area contributed by atoms with E-state index in [1.807, 2.05) is 30.3 Å². The molecule has 5 heteroatoms. The highest BCUT2D eigenvalue weighted by Crippen LogP contribution is 2.23. The van der Waals surface area contributed by atoms with Gasteiger partial charge in [-0.05, 0) is 24.3 Å². The van der Waals surface area contributed by atoms with Crippen LogP contribution >= 0.6 is 0 Å². The summed E-state index contributed by atoms with van der Waals surface area (Å²) in [6.45, 7) is 0.298. The molecule has 0 bridgehead atoms. The van der Waals surface area contributed by atoms with Crippen LogP contribution in [0.1, 0.15) is 18.0 Å². The number of rotatable bonds is 6. The molecule has 106 valence electrons. The number of hydrazine groups is 1. The molecule has 0 aliphatic heterocycles. The fourth-order valence-electron chi connectivity index (χ4n) is 1.97. The number of benzene rings is 2. The Balaban J connectivity index is 1.99. The average Bonchev–Trinajstić information content (AvgIpc) is 2.46. The maximum Gasteiger partial charge on any atom is 0.130 e. The number of ether oxygens (including phenoxy) is 1. The number of hydrogen-bond acceptors (Lipinski definition) is 3. The molecule has 0 fully saturated rings. The van der Waals surface area contributed by atoms with Crippen molar-refractivity contribution >= 4 is 0 Å². The summed E-state index contributed by atoms with van der Waals surface area (Å²) in [5, 5.41) is 0. The molecule has 2 rings (SSSR count). The van der Waals surface area contributed by atoms with E-state index in [1.54, 1.807) is 0 Å². The van der Waals surface area contributed by atoms with Crippen molar-refractivity contribution in [2.75, 3.05) is 6.61 Å². The monoisotopic (exact) mass is 278 g/mol. The lowest BCUT2D eigenvalue weighted by molar-refractivity contribution is 0.283. The van der Waals surface area contributed by atoms with Crippen LogP contribution < -0.4 is 16.0 Å². The molecule has 0 spiro atoms.